The highest BCUT2D eigenvalue weighted by atomic mass is 35.5. The maximum Gasteiger partial charge on any atom is 0.390 e. The van der Waals surface area contributed by atoms with Gasteiger partial charge in [0.1, 0.15) is 0 Å². The molecule has 2 atom stereocenters. The second-order valence-electron chi connectivity index (χ2n) is 5.39. The number of halogens is 8. The second-order valence-corrected chi connectivity index (χ2v) is 7.75. The van der Waals surface area contributed by atoms with Crippen molar-refractivity contribution in [2.45, 2.75) is 74.2 Å². The van der Waals surface area contributed by atoms with Crippen LogP contribution >= 0.6 is 35.0 Å². The summed E-state index contributed by atoms with van der Waals surface area (Å²) in [5.41, 5.74) is 0. The van der Waals surface area contributed by atoms with Crippen LogP contribution in [-0.4, -0.2) is 34.6 Å². The van der Waals surface area contributed by atoms with Crippen LogP contribution in [0.2, 0.25) is 0 Å². The van der Waals surface area contributed by atoms with Crippen LogP contribution < -0.4 is 0 Å². The second kappa shape index (κ2) is 12.0. The van der Waals surface area contributed by atoms with Gasteiger partial charge in [0.05, 0.1) is 12.8 Å². The standard InChI is InChI=1S/C14H22Cl2F6S/c15-7-3-1-5-11(9-13(17,18)19)23-12(6-2-4-8-16)10-14(20,21)22/h11-12H,1-10H2. The van der Waals surface area contributed by atoms with E-state index in [9.17, 15) is 26.3 Å². The Morgan fingerprint density at radius 1 is 0.652 bits per heavy atom. The van der Waals surface area contributed by atoms with Crippen LogP contribution in [0.3, 0.4) is 0 Å². The van der Waals surface area contributed by atoms with Crippen LogP contribution in [0, 0.1) is 0 Å². The van der Waals surface area contributed by atoms with Crippen LogP contribution in [0.1, 0.15) is 51.4 Å². The molecule has 9 heteroatoms. The lowest BCUT2D eigenvalue weighted by atomic mass is 10.1. The van der Waals surface area contributed by atoms with Gasteiger partial charge in [0.25, 0.3) is 0 Å². The van der Waals surface area contributed by atoms with Crippen molar-refractivity contribution in [2.75, 3.05) is 11.8 Å². The Labute approximate surface area is 147 Å². The predicted molar refractivity (Wildman–Crippen MR) is 85.7 cm³/mol. The van der Waals surface area contributed by atoms with Crippen molar-refractivity contribution < 1.29 is 26.3 Å². The van der Waals surface area contributed by atoms with Gasteiger partial charge in [0.2, 0.25) is 0 Å². The van der Waals surface area contributed by atoms with E-state index in [0.717, 1.165) is 11.8 Å². The Kier molecular flexibility index (Phi) is 12.2. The van der Waals surface area contributed by atoms with Crippen LogP contribution in [0.25, 0.3) is 0 Å². The van der Waals surface area contributed by atoms with Gasteiger partial charge in [-0.15, -0.1) is 23.2 Å². The fraction of sp³-hybridized carbons (Fsp3) is 1.00. The Hall–Kier alpha value is 0.510. The Morgan fingerprint density at radius 3 is 1.26 bits per heavy atom. The maximum atomic E-state index is 12.6. The Balaban J connectivity index is 4.70. The minimum Gasteiger partial charge on any atom is -0.171 e. The number of hydrogen-bond donors (Lipinski definition) is 0. The topological polar surface area (TPSA) is 0 Å². The number of thioether (sulfide) groups is 1. The lowest BCUT2D eigenvalue weighted by Gasteiger charge is -2.25. The smallest absolute Gasteiger partial charge is 0.171 e. The minimum absolute atomic E-state index is 0.223. The highest BCUT2D eigenvalue weighted by Gasteiger charge is 2.36. The summed E-state index contributed by atoms with van der Waals surface area (Å²) in [7, 11) is 0. The van der Waals surface area contributed by atoms with Crippen molar-refractivity contribution >= 4 is 35.0 Å². The summed E-state index contributed by atoms with van der Waals surface area (Å²) in [4.78, 5) is 0. The fourth-order valence-electron chi connectivity index (χ4n) is 2.16. The third-order valence-electron chi connectivity index (χ3n) is 3.12. The number of rotatable bonds is 12. The first-order chi connectivity index (χ1) is 10.6. The van der Waals surface area contributed by atoms with Gasteiger partial charge in [-0.25, -0.2) is 0 Å². The summed E-state index contributed by atoms with van der Waals surface area (Å²) >= 11 is 11.8. The molecule has 0 rings (SSSR count). The van der Waals surface area contributed by atoms with Gasteiger partial charge in [-0.05, 0) is 25.7 Å². The number of hydrogen-bond acceptors (Lipinski definition) is 1. The molecule has 0 saturated carbocycles. The van der Waals surface area contributed by atoms with Gasteiger partial charge in [0.15, 0.2) is 0 Å². The van der Waals surface area contributed by atoms with E-state index < -0.39 is 35.7 Å². The maximum absolute atomic E-state index is 12.6. The first-order valence-corrected chi connectivity index (χ1v) is 9.49. The molecule has 0 aliphatic carbocycles. The van der Waals surface area contributed by atoms with Crippen LogP contribution in [0.15, 0.2) is 0 Å². The molecular formula is C14H22Cl2F6S. The first kappa shape index (κ1) is 23.5. The van der Waals surface area contributed by atoms with Crippen molar-refractivity contribution in [2.24, 2.45) is 0 Å². The molecule has 0 aliphatic heterocycles. The van der Waals surface area contributed by atoms with Gasteiger partial charge in [0, 0.05) is 22.3 Å². The molecule has 0 amide bonds. The third-order valence-corrected chi connectivity index (χ3v) is 5.23. The van der Waals surface area contributed by atoms with Gasteiger partial charge in [-0.2, -0.15) is 38.1 Å². The van der Waals surface area contributed by atoms with Crippen molar-refractivity contribution in [1.29, 1.82) is 0 Å². The van der Waals surface area contributed by atoms with Crippen molar-refractivity contribution in [3.63, 3.8) is 0 Å². The molecule has 0 N–H and O–H groups in total. The zero-order valence-electron chi connectivity index (χ0n) is 12.7. The highest BCUT2D eigenvalue weighted by Crippen LogP contribution is 2.38. The van der Waals surface area contributed by atoms with Crippen molar-refractivity contribution in [1.82, 2.24) is 0 Å². The molecule has 0 aromatic carbocycles. The monoisotopic (exact) mass is 406 g/mol. The molecule has 0 heterocycles. The summed E-state index contributed by atoms with van der Waals surface area (Å²) in [6.45, 7) is 0. The van der Waals surface area contributed by atoms with E-state index in [-0.39, 0.29) is 12.8 Å². The Morgan fingerprint density at radius 2 is 1.00 bits per heavy atom. The number of alkyl halides is 8. The summed E-state index contributed by atoms with van der Waals surface area (Å²) in [6, 6.07) is 0. The first-order valence-electron chi connectivity index (χ1n) is 7.48. The average molecular weight is 407 g/mol. The summed E-state index contributed by atoms with van der Waals surface area (Å²) in [5, 5.41) is -1.72. The zero-order valence-corrected chi connectivity index (χ0v) is 15.0. The van der Waals surface area contributed by atoms with E-state index in [1.807, 2.05) is 0 Å². The van der Waals surface area contributed by atoms with Gasteiger partial charge in [-0.1, -0.05) is 12.8 Å². The fourth-order valence-corrected chi connectivity index (χ4v) is 4.26. The lowest BCUT2D eigenvalue weighted by Crippen LogP contribution is -2.23. The molecule has 0 fully saturated rings. The molecule has 23 heavy (non-hydrogen) atoms. The zero-order chi connectivity index (χ0) is 17.9. The largest absolute Gasteiger partial charge is 0.390 e. The van der Waals surface area contributed by atoms with E-state index in [2.05, 4.69) is 0 Å². The molecule has 2 unspecified atom stereocenters. The lowest BCUT2D eigenvalue weighted by molar-refractivity contribution is -0.135. The molecule has 0 bridgehead atoms. The van der Waals surface area contributed by atoms with E-state index in [0.29, 0.717) is 37.4 Å². The molecule has 0 aromatic heterocycles. The average Bonchev–Trinajstić information content (AvgIpc) is 2.35. The van der Waals surface area contributed by atoms with Crippen molar-refractivity contribution in [3.8, 4) is 0 Å². The molecule has 0 spiro atoms. The molecule has 140 valence electrons. The molecule has 0 radical (unpaired) electrons. The van der Waals surface area contributed by atoms with E-state index >= 15 is 0 Å². The molecule has 0 saturated heterocycles. The molecular weight excluding hydrogens is 385 g/mol. The molecule has 0 nitrogen and oxygen atoms in total. The van der Waals surface area contributed by atoms with Crippen molar-refractivity contribution in [3.05, 3.63) is 0 Å². The van der Waals surface area contributed by atoms with Gasteiger partial charge >= 0.3 is 12.4 Å². The summed E-state index contributed by atoms with van der Waals surface area (Å²) in [6.07, 6.45) is -8.35. The SMILES string of the molecule is FC(F)(F)CC(CCCCCl)SC(CCCCCl)CC(F)(F)F. The van der Waals surface area contributed by atoms with Gasteiger partial charge in [-0.3, -0.25) is 0 Å². The normalized spacial score (nSPS) is 15.7. The van der Waals surface area contributed by atoms with Crippen LogP contribution in [0.5, 0.6) is 0 Å². The van der Waals surface area contributed by atoms with Gasteiger partial charge < -0.3 is 0 Å². The van der Waals surface area contributed by atoms with Crippen LogP contribution in [0.4, 0.5) is 26.3 Å². The molecule has 0 aliphatic rings. The quantitative estimate of drug-likeness (QED) is 0.188. The minimum atomic E-state index is -4.38. The summed E-state index contributed by atoms with van der Waals surface area (Å²) in [5.74, 6) is 0.677. The van der Waals surface area contributed by atoms with Crippen LogP contribution in [-0.2, 0) is 0 Å². The van der Waals surface area contributed by atoms with E-state index in [1.165, 1.54) is 0 Å². The van der Waals surface area contributed by atoms with E-state index in [1.54, 1.807) is 0 Å². The number of unbranched alkanes of at least 4 members (excludes halogenated alkanes) is 2. The molecule has 0 aromatic rings. The highest BCUT2D eigenvalue weighted by molar-refractivity contribution is 8.00. The third kappa shape index (κ3) is 15.8. The summed E-state index contributed by atoms with van der Waals surface area (Å²) < 4.78 is 75.8. The Bertz CT molecular complexity index is 268. The van der Waals surface area contributed by atoms with E-state index in [4.69, 9.17) is 23.2 Å². The predicted octanol–water partition coefficient (Wildman–Crippen LogP) is 7.18.